The average Bonchev–Trinajstić information content (AvgIpc) is 3.04. The molecule has 194 valence electrons. The first-order valence-electron chi connectivity index (χ1n) is 12.4. The Morgan fingerprint density at radius 2 is 1.88 bits per heavy atom. The number of carbonyl (C=O) groups is 1. The van der Waals surface area contributed by atoms with Gasteiger partial charge in [0.1, 0.15) is 5.60 Å². The van der Waals surface area contributed by atoms with Crippen LogP contribution in [0.15, 0.2) is 18.2 Å². The molecular weight excluding hydrogens is 434 g/mol. The van der Waals surface area contributed by atoms with Crippen LogP contribution in [0, 0.1) is 17.8 Å². The van der Waals surface area contributed by atoms with Gasteiger partial charge >= 0.3 is 6.09 Å². The number of hydrogen-bond acceptors (Lipinski definition) is 6. The molecule has 1 fully saturated rings. The van der Waals surface area contributed by atoms with Crippen LogP contribution in [-0.4, -0.2) is 67.8 Å². The summed E-state index contributed by atoms with van der Waals surface area (Å²) in [5.41, 5.74) is 0.614. The number of ether oxygens (including phenoxy) is 4. The molecule has 7 heteroatoms. The second kappa shape index (κ2) is 12.6. The van der Waals surface area contributed by atoms with Crippen LogP contribution in [0.2, 0.25) is 0 Å². The van der Waals surface area contributed by atoms with Gasteiger partial charge in [0.25, 0.3) is 0 Å². The smallest absolute Gasteiger partial charge is 0.410 e. The molecule has 1 aliphatic heterocycles. The van der Waals surface area contributed by atoms with Crippen molar-refractivity contribution in [1.82, 2.24) is 4.90 Å². The molecule has 0 bridgehead atoms. The maximum Gasteiger partial charge on any atom is 0.410 e. The molecule has 2 unspecified atom stereocenters. The minimum Gasteiger partial charge on any atom is -0.493 e. The zero-order chi connectivity index (χ0) is 25.5. The molecule has 1 amide bonds. The van der Waals surface area contributed by atoms with E-state index in [4.69, 9.17) is 18.9 Å². The SMILES string of the molecule is COCCCOc1cc(CC(C[C@H]2CN(C(=O)OC(C)(C)C)C(C)[C@H]2O)C(C)C)ccc1OC. The van der Waals surface area contributed by atoms with Crippen LogP contribution in [0.1, 0.15) is 59.9 Å². The molecule has 1 N–H and O–H groups in total. The molecule has 0 aromatic heterocycles. The highest BCUT2D eigenvalue weighted by Crippen LogP contribution is 2.35. The quantitative estimate of drug-likeness (QED) is 0.454. The van der Waals surface area contributed by atoms with E-state index in [2.05, 4.69) is 26.0 Å². The molecule has 2 rings (SSSR count). The maximum absolute atomic E-state index is 12.7. The van der Waals surface area contributed by atoms with E-state index in [1.807, 2.05) is 33.8 Å². The van der Waals surface area contributed by atoms with Crippen molar-refractivity contribution in [1.29, 1.82) is 0 Å². The zero-order valence-electron chi connectivity index (χ0n) is 22.3. The fraction of sp³-hybridized carbons (Fsp3) is 0.741. The summed E-state index contributed by atoms with van der Waals surface area (Å²) in [6.07, 6.45) is 1.58. The number of nitrogens with zero attached hydrogens (tertiary/aromatic N) is 1. The van der Waals surface area contributed by atoms with Crippen LogP contribution < -0.4 is 9.47 Å². The molecule has 0 spiro atoms. The van der Waals surface area contributed by atoms with Crippen LogP contribution in [0.25, 0.3) is 0 Å². The summed E-state index contributed by atoms with van der Waals surface area (Å²) in [6, 6.07) is 5.83. The zero-order valence-corrected chi connectivity index (χ0v) is 22.3. The van der Waals surface area contributed by atoms with Crippen molar-refractivity contribution in [3.8, 4) is 11.5 Å². The summed E-state index contributed by atoms with van der Waals surface area (Å²) in [4.78, 5) is 14.3. The third-order valence-corrected chi connectivity index (χ3v) is 6.55. The number of benzene rings is 1. The number of aliphatic hydroxyl groups is 1. The molecule has 0 radical (unpaired) electrons. The van der Waals surface area contributed by atoms with Gasteiger partial charge < -0.3 is 29.0 Å². The van der Waals surface area contributed by atoms with Crippen molar-refractivity contribution < 1.29 is 28.8 Å². The van der Waals surface area contributed by atoms with E-state index in [9.17, 15) is 9.90 Å². The third-order valence-electron chi connectivity index (χ3n) is 6.55. The van der Waals surface area contributed by atoms with Crippen molar-refractivity contribution >= 4 is 6.09 Å². The van der Waals surface area contributed by atoms with E-state index in [1.165, 1.54) is 5.56 Å². The Bertz CT molecular complexity index is 775. The second-order valence-corrected chi connectivity index (χ2v) is 10.7. The van der Waals surface area contributed by atoms with E-state index in [1.54, 1.807) is 19.1 Å². The molecule has 1 heterocycles. The molecule has 1 aromatic carbocycles. The second-order valence-electron chi connectivity index (χ2n) is 10.7. The molecule has 34 heavy (non-hydrogen) atoms. The Labute approximate surface area is 205 Å². The highest BCUT2D eigenvalue weighted by Gasteiger charge is 2.43. The molecule has 1 saturated heterocycles. The number of rotatable bonds is 11. The van der Waals surface area contributed by atoms with Crippen LogP contribution in [0.3, 0.4) is 0 Å². The van der Waals surface area contributed by atoms with Gasteiger partial charge in [-0.25, -0.2) is 4.79 Å². The highest BCUT2D eigenvalue weighted by molar-refractivity contribution is 5.69. The first-order valence-corrected chi connectivity index (χ1v) is 12.4. The molecule has 1 aliphatic rings. The first kappa shape index (κ1) is 28.2. The number of carbonyl (C=O) groups excluding carboxylic acids is 1. The van der Waals surface area contributed by atoms with Gasteiger partial charge in [-0.2, -0.15) is 0 Å². The summed E-state index contributed by atoms with van der Waals surface area (Å²) in [7, 11) is 3.33. The number of methoxy groups -OCH3 is 2. The van der Waals surface area contributed by atoms with Gasteiger partial charge in [0, 0.05) is 32.6 Å². The van der Waals surface area contributed by atoms with Crippen molar-refractivity contribution in [2.75, 3.05) is 34.0 Å². The Morgan fingerprint density at radius 1 is 1.18 bits per heavy atom. The standard InChI is InChI=1S/C27H45NO6/c1-18(2)21(14-20-10-11-23(32-8)24(15-20)33-13-9-12-31-7)16-22-17-28(19(3)25(22)29)26(30)34-27(4,5)6/h10-11,15,18-19,21-22,25,29H,9,12-14,16-17H2,1-8H3/t19?,21?,22-,25+/m0/s1. The normalized spacial score (nSPS) is 21.6. The van der Waals surface area contributed by atoms with Crippen molar-refractivity contribution in [2.24, 2.45) is 17.8 Å². The first-order chi connectivity index (χ1) is 16.0. The fourth-order valence-electron chi connectivity index (χ4n) is 4.51. The van der Waals surface area contributed by atoms with E-state index in [0.29, 0.717) is 31.6 Å². The predicted octanol–water partition coefficient (Wildman–Crippen LogP) is 4.93. The lowest BCUT2D eigenvalue weighted by Gasteiger charge is -2.27. The Kier molecular flexibility index (Phi) is 10.5. The number of amides is 1. The summed E-state index contributed by atoms with van der Waals surface area (Å²) in [5.74, 6) is 2.24. The Hall–Kier alpha value is -1.99. The van der Waals surface area contributed by atoms with Gasteiger partial charge in [-0.3, -0.25) is 0 Å². The van der Waals surface area contributed by atoms with Gasteiger partial charge in [-0.1, -0.05) is 19.9 Å². The van der Waals surface area contributed by atoms with Crippen LogP contribution in [0.4, 0.5) is 4.79 Å². The van der Waals surface area contributed by atoms with Gasteiger partial charge in [0.15, 0.2) is 11.5 Å². The third kappa shape index (κ3) is 8.05. The topological polar surface area (TPSA) is 77.5 Å². The van der Waals surface area contributed by atoms with Crippen molar-refractivity contribution in [3.05, 3.63) is 23.8 Å². The van der Waals surface area contributed by atoms with E-state index in [0.717, 1.165) is 30.8 Å². The highest BCUT2D eigenvalue weighted by atomic mass is 16.6. The van der Waals surface area contributed by atoms with Crippen LogP contribution >= 0.6 is 0 Å². The van der Waals surface area contributed by atoms with Gasteiger partial charge in [-0.15, -0.1) is 0 Å². The molecule has 0 saturated carbocycles. The molecule has 0 aliphatic carbocycles. The minimum absolute atomic E-state index is 0.0120. The fourth-order valence-corrected chi connectivity index (χ4v) is 4.51. The Morgan fingerprint density at radius 3 is 2.47 bits per heavy atom. The lowest BCUT2D eigenvalue weighted by molar-refractivity contribution is 0.0176. The summed E-state index contributed by atoms with van der Waals surface area (Å²) < 4.78 is 22.1. The van der Waals surface area contributed by atoms with Gasteiger partial charge in [0.05, 0.1) is 25.9 Å². The Balaban J connectivity index is 2.08. The lowest BCUT2D eigenvalue weighted by atomic mass is 9.80. The van der Waals surface area contributed by atoms with Crippen LogP contribution in [0.5, 0.6) is 11.5 Å². The number of likely N-dealkylation sites (tertiary alicyclic amines) is 1. The average molecular weight is 480 g/mol. The van der Waals surface area contributed by atoms with Crippen LogP contribution in [-0.2, 0) is 15.9 Å². The van der Waals surface area contributed by atoms with E-state index in [-0.39, 0.29) is 18.1 Å². The van der Waals surface area contributed by atoms with Crippen molar-refractivity contribution in [2.45, 2.75) is 78.6 Å². The molecule has 4 atom stereocenters. The predicted molar refractivity (Wildman–Crippen MR) is 134 cm³/mol. The maximum atomic E-state index is 12.7. The van der Waals surface area contributed by atoms with Gasteiger partial charge in [0.2, 0.25) is 0 Å². The molecule has 7 nitrogen and oxygen atoms in total. The molecule has 1 aromatic rings. The number of hydrogen-bond donors (Lipinski definition) is 1. The number of aliphatic hydroxyl groups excluding tert-OH is 1. The monoisotopic (exact) mass is 479 g/mol. The lowest BCUT2D eigenvalue weighted by Crippen LogP contribution is -2.40. The summed E-state index contributed by atoms with van der Waals surface area (Å²) in [5, 5.41) is 10.9. The van der Waals surface area contributed by atoms with E-state index < -0.39 is 11.7 Å². The summed E-state index contributed by atoms with van der Waals surface area (Å²) in [6.45, 7) is 13.6. The minimum atomic E-state index is -0.565. The van der Waals surface area contributed by atoms with Gasteiger partial charge in [-0.05, 0) is 70.1 Å². The largest absolute Gasteiger partial charge is 0.493 e. The van der Waals surface area contributed by atoms with Crippen molar-refractivity contribution in [3.63, 3.8) is 0 Å². The van der Waals surface area contributed by atoms with E-state index >= 15 is 0 Å². The summed E-state index contributed by atoms with van der Waals surface area (Å²) >= 11 is 0. The molecular formula is C27H45NO6.